The molecule has 3 aromatic rings. The SMILES string of the molecule is COc1ccccc1N1CCN(S(=O)(=O)CCNC(=O)C2c3ccccc3Oc3ccccc32)CC1. The number of nitrogens with zero attached hydrogens (tertiary/aromatic N) is 2. The van der Waals surface area contributed by atoms with Gasteiger partial charge in [-0.25, -0.2) is 8.42 Å². The first kappa shape index (κ1) is 24.1. The van der Waals surface area contributed by atoms with Crippen molar-refractivity contribution in [2.24, 2.45) is 0 Å². The van der Waals surface area contributed by atoms with Crippen LogP contribution in [-0.4, -0.2) is 64.2 Å². The highest BCUT2D eigenvalue weighted by atomic mass is 32.2. The summed E-state index contributed by atoms with van der Waals surface area (Å²) in [6, 6.07) is 22.6. The van der Waals surface area contributed by atoms with Crippen molar-refractivity contribution in [3.63, 3.8) is 0 Å². The third kappa shape index (κ3) is 4.76. The van der Waals surface area contributed by atoms with E-state index in [-0.39, 0.29) is 18.2 Å². The van der Waals surface area contributed by atoms with Crippen molar-refractivity contribution < 1.29 is 22.7 Å². The van der Waals surface area contributed by atoms with Gasteiger partial charge in [0.15, 0.2) is 0 Å². The van der Waals surface area contributed by atoms with E-state index in [1.54, 1.807) is 7.11 Å². The number of benzene rings is 3. The highest BCUT2D eigenvalue weighted by Gasteiger charge is 2.33. The first-order valence-corrected chi connectivity index (χ1v) is 13.6. The summed E-state index contributed by atoms with van der Waals surface area (Å²) in [5.74, 6) is 1.09. The lowest BCUT2D eigenvalue weighted by Crippen LogP contribution is -2.50. The molecule has 2 aliphatic heterocycles. The molecule has 0 spiro atoms. The average molecular weight is 508 g/mol. The summed E-state index contributed by atoms with van der Waals surface area (Å²) in [5, 5.41) is 2.85. The molecule has 9 heteroatoms. The van der Waals surface area contributed by atoms with Gasteiger partial charge >= 0.3 is 0 Å². The molecule has 2 aliphatic rings. The highest BCUT2D eigenvalue weighted by Crippen LogP contribution is 2.43. The normalized spacial score (nSPS) is 16.0. The second kappa shape index (κ2) is 10.2. The van der Waals surface area contributed by atoms with Crippen LogP contribution < -0.4 is 19.7 Å². The molecule has 0 aromatic heterocycles. The van der Waals surface area contributed by atoms with Gasteiger partial charge in [-0.1, -0.05) is 48.5 Å². The summed E-state index contributed by atoms with van der Waals surface area (Å²) in [6.07, 6.45) is 0. The van der Waals surface area contributed by atoms with Crippen LogP contribution in [0.5, 0.6) is 17.2 Å². The Labute approximate surface area is 211 Å². The van der Waals surface area contributed by atoms with E-state index in [1.165, 1.54) is 4.31 Å². The summed E-state index contributed by atoms with van der Waals surface area (Å²) in [7, 11) is -1.89. The van der Waals surface area contributed by atoms with Crippen molar-refractivity contribution in [1.82, 2.24) is 9.62 Å². The summed E-state index contributed by atoms with van der Waals surface area (Å²) in [6.45, 7) is 1.95. The first-order chi connectivity index (χ1) is 17.5. The predicted octanol–water partition coefficient (Wildman–Crippen LogP) is 3.20. The Hall–Kier alpha value is -3.56. The van der Waals surface area contributed by atoms with Gasteiger partial charge < -0.3 is 19.7 Å². The van der Waals surface area contributed by atoms with Crippen LogP contribution in [0.2, 0.25) is 0 Å². The predicted molar refractivity (Wildman–Crippen MR) is 138 cm³/mol. The molecule has 0 aliphatic carbocycles. The average Bonchev–Trinajstić information content (AvgIpc) is 2.91. The van der Waals surface area contributed by atoms with Crippen molar-refractivity contribution in [2.75, 3.05) is 50.5 Å². The van der Waals surface area contributed by atoms with E-state index < -0.39 is 15.9 Å². The number of para-hydroxylation sites is 4. The minimum atomic E-state index is -3.52. The molecule has 1 saturated heterocycles. The molecule has 5 rings (SSSR count). The number of rotatable bonds is 7. The van der Waals surface area contributed by atoms with E-state index in [1.807, 2.05) is 72.8 Å². The first-order valence-electron chi connectivity index (χ1n) is 12.0. The largest absolute Gasteiger partial charge is 0.495 e. The standard InChI is InChI=1S/C27H29N3O5S/c1-34-25-13-7-4-10-22(25)29-15-17-30(18-16-29)36(32,33)19-14-28-27(31)26-20-8-2-5-11-23(20)35-24-12-6-3-9-21(24)26/h2-13,26H,14-19H2,1H3,(H,28,31). The Bertz CT molecular complexity index is 1310. The maximum Gasteiger partial charge on any atom is 0.232 e. The van der Waals surface area contributed by atoms with Gasteiger partial charge in [0.1, 0.15) is 17.2 Å². The molecule has 8 nitrogen and oxygen atoms in total. The van der Waals surface area contributed by atoms with Crippen LogP contribution >= 0.6 is 0 Å². The number of piperazine rings is 1. The van der Waals surface area contributed by atoms with Gasteiger partial charge in [0, 0.05) is 43.9 Å². The summed E-state index contributed by atoms with van der Waals surface area (Å²) < 4.78 is 38.9. The number of anilines is 1. The van der Waals surface area contributed by atoms with Gasteiger partial charge in [0.05, 0.1) is 24.5 Å². The third-order valence-electron chi connectivity index (χ3n) is 6.66. The van der Waals surface area contributed by atoms with Crippen LogP contribution in [0.1, 0.15) is 17.0 Å². The Kier molecular flexibility index (Phi) is 6.84. The Morgan fingerprint density at radius 2 is 1.50 bits per heavy atom. The molecule has 0 bridgehead atoms. The van der Waals surface area contributed by atoms with Gasteiger partial charge in [-0.15, -0.1) is 0 Å². The van der Waals surface area contributed by atoms with E-state index in [2.05, 4.69) is 10.2 Å². The molecule has 0 radical (unpaired) electrons. The van der Waals surface area contributed by atoms with Gasteiger partial charge in [0.25, 0.3) is 0 Å². The summed E-state index contributed by atoms with van der Waals surface area (Å²) >= 11 is 0. The lowest BCUT2D eigenvalue weighted by Gasteiger charge is -2.36. The minimum absolute atomic E-state index is 0.0373. The zero-order valence-electron chi connectivity index (χ0n) is 20.1. The van der Waals surface area contributed by atoms with E-state index >= 15 is 0 Å². The van der Waals surface area contributed by atoms with Crippen LogP contribution in [-0.2, 0) is 14.8 Å². The highest BCUT2D eigenvalue weighted by molar-refractivity contribution is 7.89. The number of amides is 1. The second-order valence-corrected chi connectivity index (χ2v) is 10.9. The van der Waals surface area contributed by atoms with Crippen LogP contribution in [0, 0.1) is 0 Å². The molecule has 0 saturated carbocycles. The number of methoxy groups -OCH3 is 1. The lowest BCUT2D eigenvalue weighted by molar-refractivity contribution is -0.121. The Morgan fingerprint density at radius 1 is 0.917 bits per heavy atom. The van der Waals surface area contributed by atoms with E-state index in [9.17, 15) is 13.2 Å². The van der Waals surface area contributed by atoms with Crippen molar-refractivity contribution in [2.45, 2.75) is 5.92 Å². The molecule has 188 valence electrons. The topological polar surface area (TPSA) is 88.2 Å². The van der Waals surface area contributed by atoms with Gasteiger partial charge in [-0.2, -0.15) is 4.31 Å². The fourth-order valence-electron chi connectivity index (χ4n) is 4.82. The molecular formula is C27H29N3O5S. The fourth-order valence-corrected chi connectivity index (χ4v) is 6.16. The van der Waals surface area contributed by atoms with Crippen LogP contribution in [0.25, 0.3) is 0 Å². The van der Waals surface area contributed by atoms with E-state index in [4.69, 9.17) is 9.47 Å². The number of carbonyl (C=O) groups is 1. The van der Waals surface area contributed by atoms with E-state index in [0.29, 0.717) is 37.7 Å². The molecular weight excluding hydrogens is 478 g/mol. The van der Waals surface area contributed by atoms with Crippen molar-refractivity contribution >= 4 is 21.6 Å². The van der Waals surface area contributed by atoms with Crippen molar-refractivity contribution in [3.8, 4) is 17.2 Å². The summed E-state index contributed by atoms with van der Waals surface area (Å²) in [4.78, 5) is 15.4. The molecule has 1 N–H and O–H groups in total. The number of carbonyl (C=O) groups excluding carboxylic acids is 1. The molecule has 36 heavy (non-hydrogen) atoms. The molecule has 3 aromatic carbocycles. The van der Waals surface area contributed by atoms with Crippen LogP contribution in [0.3, 0.4) is 0 Å². The molecule has 0 unspecified atom stereocenters. The van der Waals surface area contributed by atoms with Crippen LogP contribution in [0.15, 0.2) is 72.8 Å². The number of sulfonamides is 1. The van der Waals surface area contributed by atoms with Gasteiger partial charge in [0.2, 0.25) is 15.9 Å². The molecule has 1 fully saturated rings. The fraction of sp³-hybridized carbons (Fsp3) is 0.296. The maximum atomic E-state index is 13.3. The quantitative estimate of drug-likeness (QED) is 0.529. The van der Waals surface area contributed by atoms with Crippen molar-refractivity contribution in [1.29, 1.82) is 0 Å². The second-order valence-electron chi connectivity index (χ2n) is 8.78. The zero-order chi connectivity index (χ0) is 25.1. The number of hydrogen-bond acceptors (Lipinski definition) is 6. The molecule has 0 atom stereocenters. The van der Waals surface area contributed by atoms with Gasteiger partial charge in [-0.05, 0) is 24.3 Å². The third-order valence-corrected chi connectivity index (χ3v) is 8.53. The van der Waals surface area contributed by atoms with E-state index in [0.717, 1.165) is 22.6 Å². The maximum absolute atomic E-state index is 13.3. The molecule has 2 heterocycles. The number of nitrogens with one attached hydrogen (secondary N) is 1. The lowest BCUT2D eigenvalue weighted by atomic mass is 9.87. The molecule has 1 amide bonds. The Balaban J connectivity index is 1.20. The van der Waals surface area contributed by atoms with Gasteiger partial charge in [-0.3, -0.25) is 4.79 Å². The minimum Gasteiger partial charge on any atom is -0.495 e. The number of fused-ring (bicyclic) bond motifs is 2. The monoisotopic (exact) mass is 507 g/mol. The smallest absolute Gasteiger partial charge is 0.232 e. The van der Waals surface area contributed by atoms with Crippen LogP contribution in [0.4, 0.5) is 5.69 Å². The summed E-state index contributed by atoms with van der Waals surface area (Å²) in [5.41, 5.74) is 2.49. The number of ether oxygens (including phenoxy) is 2. The zero-order valence-corrected chi connectivity index (χ0v) is 20.9. The van der Waals surface area contributed by atoms with Crippen molar-refractivity contribution in [3.05, 3.63) is 83.9 Å². The number of hydrogen-bond donors (Lipinski definition) is 1. The Morgan fingerprint density at radius 3 is 2.14 bits per heavy atom.